The van der Waals surface area contributed by atoms with Crippen molar-refractivity contribution in [2.75, 3.05) is 6.54 Å². The zero-order valence-corrected chi connectivity index (χ0v) is 23.8. The van der Waals surface area contributed by atoms with E-state index in [9.17, 15) is 9.90 Å². The highest BCUT2D eigenvalue weighted by atomic mass is 16.5. The lowest BCUT2D eigenvalue weighted by molar-refractivity contribution is -0.129. The van der Waals surface area contributed by atoms with Crippen LogP contribution in [0.4, 0.5) is 0 Å². The smallest absolute Gasteiger partial charge is 0.248 e. The fourth-order valence-corrected chi connectivity index (χ4v) is 4.48. The molecule has 0 unspecified atom stereocenters. The molecular weight excluding hydrogens is 462 g/mol. The van der Waals surface area contributed by atoms with Crippen molar-refractivity contribution in [3.05, 3.63) is 59.4 Å². The molecule has 0 fully saturated rings. The van der Waals surface area contributed by atoms with Gasteiger partial charge in [-0.1, -0.05) is 60.1 Å². The van der Waals surface area contributed by atoms with E-state index in [1.54, 1.807) is 12.4 Å². The molecule has 0 bridgehead atoms. The number of hydrogen-bond donors (Lipinski definition) is 3. The van der Waals surface area contributed by atoms with E-state index in [1.165, 1.54) is 11.1 Å². The zero-order valence-electron chi connectivity index (χ0n) is 23.8. The van der Waals surface area contributed by atoms with E-state index in [2.05, 4.69) is 70.0 Å². The van der Waals surface area contributed by atoms with Gasteiger partial charge in [0.15, 0.2) is 0 Å². The maximum absolute atomic E-state index is 12.1. The maximum atomic E-state index is 12.1. The van der Waals surface area contributed by atoms with Crippen LogP contribution in [0.1, 0.15) is 90.3 Å². The molecule has 6 heteroatoms. The molecule has 1 aromatic carbocycles. The zero-order chi connectivity index (χ0) is 27.4. The second-order valence-electron chi connectivity index (χ2n) is 11.7. The summed E-state index contributed by atoms with van der Waals surface area (Å²) >= 11 is 0. The molecule has 0 aliphatic carbocycles. The number of aliphatic hydroxyl groups excluding tert-OH is 1. The Bertz CT molecular complexity index is 940. The van der Waals surface area contributed by atoms with Crippen LogP contribution in [0.2, 0.25) is 0 Å². The van der Waals surface area contributed by atoms with Crippen molar-refractivity contribution >= 4 is 5.91 Å². The van der Waals surface area contributed by atoms with Crippen molar-refractivity contribution in [2.45, 2.75) is 104 Å². The molecule has 1 aromatic heterocycles. The first kappa shape index (κ1) is 30.8. The molecule has 2 rings (SSSR count). The number of benzene rings is 1. The SMILES string of the molecule is CCCCNC(=O)[C@@H](O)CC[C@H](N)C[C@H](Cc1ccc(C(C)(C)C)c(OCc2ccncc2)c1)C(C)C. The summed E-state index contributed by atoms with van der Waals surface area (Å²) in [5, 5.41) is 13.0. The van der Waals surface area contributed by atoms with Gasteiger partial charge in [-0.15, -0.1) is 0 Å². The Morgan fingerprint density at radius 3 is 2.43 bits per heavy atom. The molecular formula is C31H49N3O3. The Morgan fingerprint density at radius 2 is 1.81 bits per heavy atom. The summed E-state index contributed by atoms with van der Waals surface area (Å²) < 4.78 is 6.32. The molecule has 2 aromatic rings. The minimum Gasteiger partial charge on any atom is -0.489 e. The summed E-state index contributed by atoms with van der Waals surface area (Å²) in [6.45, 7) is 14.3. The second-order valence-corrected chi connectivity index (χ2v) is 11.7. The number of nitrogens with two attached hydrogens (primary N) is 1. The Balaban J connectivity index is 2.03. The number of aromatic nitrogens is 1. The molecule has 4 N–H and O–H groups in total. The highest BCUT2D eigenvalue weighted by molar-refractivity contribution is 5.80. The standard InChI is InChI=1S/C31H49N3O3/c1-7-8-15-34-30(36)28(35)12-10-26(32)20-25(22(2)3)18-24-9-11-27(31(4,5)6)29(19-24)37-21-23-13-16-33-17-14-23/h9,11,13-14,16-17,19,22,25-26,28,35H,7-8,10,12,15,18,20-21,32H2,1-6H3,(H,34,36)/t25-,26-,28-/m0/s1. The maximum Gasteiger partial charge on any atom is 0.248 e. The van der Waals surface area contributed by atoms with E-state index in [0.29, 0.717) is 37.8 Å². The van der Waals surface area contributed by atoms with E-state index < -0.39 is 6.10 Å². The van der Waals surface area contributed by atoms with Crippen LogP contribution in [0.3, 0.4) is 0 Å². The quantitative estimate of drug-likeness (QED) is 0.273. The number of rotatable bonds is 15. The van der Waals surface area contributed by atoms with Crippen LogP contribution >= 0.6 is 0 Å². The van der Waals surface area contributed by atoms with Crippen LogP contribution in [0.5, 0.6) is 5.75 Å². The van der Waals surface area contributed by atoms with Gasteiger partial charge in [0.1, 0.15) is 18.5 Å². The van der Waals surface area contributed by atoms with Gasteiger partial charge in [-0.05, 0) is 84.2 Å². The molecule has 0 spiro atoms. The number of amides is 1. The van der Waals surface area contributed by atoms with Crippen molar-refractivity contribution in [2.24, 2.45) is 17.6 Å². The molecule has 1 heterocycles. The molecule has 0 aliphatic rings. The van der Waals surface area contributed by atoms with E-state index in [1.807, 2.05) is 12.1 Å². The first-order chi connectivity index (χ1) is 17.5. The first-order valence-electron chi connectivity index (χ1n) is 13.9. The van der Waals surface area contributed by atoms with Crippen molar-refractivity contribution in [1.29, 1.82) is 0 Å². The molecule has 206 valence electrons. The van der Waals surface area contributed by atoms with Gasteiger partial charge in [0.05, 0.1) is 0 Å². The molecule has 0 saturated heterocycles. The van der Waals surface area contributed by atoms with Crippen LogP contribution in [0.15, 0.2) is 42.7 Å². The second kappa shape index (κ2) is 15.1. The minimum absolute atomic E-state index is 0.0322. The number of carbonyl (C=O) groups excluding carboxylic acids is 1. The largest absolute Gasteiger partial charge is 0.489 e. The van der Waals surface area contributed by atoms with E-state index in [4.69, 9.17) is 10.5 Å². The lowest BCUT2D eigenvalue weighted by Crippen LogP contribution is -2.36. The van der Waals surface area contributed by atoms with Gasteiger partial charge in [-0.25, -0.2) is 0 Å². The summed E-state index contributed by atoms with van der Waals surface area (Å²) in [6, 6.07) is 10.5. The average Bonchev–Trinajstić information content (AvgIpc) is 2.85. The lowest BCUT2D eigenvalue weighted by Gasteiger charge is -2.27. The van der Waals surface area contributed by atoms with Crippen LogP contribution in [-0.2, 0) is 23.2 Å². The lowest BCUT2D eigenvalue weighted by atomic mass is 9.81. The van der Waals surface area contributed by atoms with Gasteiger partial charge >= 0.3 is 0 Å². The number of nitrogens with zero attached hydrogens (tertiary/aromatic N) is 1. The molecule has 6 nitrogen and oxygen atoms in total. The number of carbonyl (C=O) groups is 1. The Morgan fingerprint density at radius 1 is 1.11 bits per heavy atom. The van der Waals surface area contributed by atoms with E-state index in [0.717, 1.165) is 37.0 Å². The third-order valence-electron chi connectivity index (χ3n) is 6.99. The molecule has 0 saturated carbocycles. The number of unbranched alkanes of at least 4 members (excludes halogenated alkanes) is 1. The van der Waals surface area contributed by atoms with Crippen LogP contribution < -0.4 is 15.8 Å². The fourth-order valence-electron chi connectivity index (χ4n) is 4.48. The molecule has 1 amide bonds. The summed E-state index contributed by atoms with van der Waals surface area (Å²) in [4.78, 5) is 16.1. The molecule has 0 aliphatic heterocycles. The van der Waals surface area contributed by atoms with Gasteiger partial charge < -0.3 is 20.9 Å². The highest BCUT2D eigenvalue weighted by Gasteiger charge is 2.23. The van der Waals surface area contributed by atoms with Gasteiger partial charge in [0.25, 0.3) is 0 Å². The Kier molecular flexibility index (Phi) is 12.6. The van der Waals surface area contributed by atoms with Crippen molar-refractivity contribution < 1.29 is 14.6 Å². The number of hydrogen-bond acceptors (Lipinski definition) is 5. The first-order valence-corrected chi connectivity index (χ1v) is 13.9. The summed E-state index contributed by atoms with van der Waals surface area (Å²) in [5.74, 6) is 1.47. The fraction of sp³-hybridized carbons (Fsp3) is 0.613. The molecule has 37 heavy (non-hydrogen) atoms. The molecule has 3 atom stereocenters. The topological polar surface area (TPSA) is 97.5 Å². The van der Waals surface area contributed by atoms with Gasteiger partial charge in [0.2, 0.25) is 5.91 Å². The van der Waals surface area contributed by atoms with Crippen LogP contribution in [-0.4, -0.2) is 34.7 Å². The third-order valence-corrected chi connectivity index (χ3v) is 6.99. The van der Waals surface area contributed by atoms with Gasteiger partial charge in [-0.3, -0.25) is 9.78 Å². The van der Waals surface area contributed by atoms with Gasteiger partial charge in [-0.2, -0.15) is 0 Å². The molecule has 0 radical (unpaired) electrons. The normalized spacial score (nSPS) is 14.3. The number of aliphatic hydroxyl groups is 1. The highest BCUT2D eigenvalue weighted by Crippen LogP contribution is 2.34. The van der Waals surface area contributed by atoms with Crippen LogP contribution in [0.25, 0.3) is 0 Å². The minimum atomic E-state index is -0.995. The number of ether oxygens (including phenoxy) is 1. The predicted octanol–water partition coefficient (Wildman–Crippen LogP) is 5.55. The summed E-state index contributed by atoms with van der Waals surface area (Å²) in [6.07, 6.45) is 7.26. The van der Waals surface area contributed by atoms with Crippen LogP contribution in [0, 0.1) is 11.8 Å². The third kappa shape index (κ3) is 10.8. The number of nitrogens with one attached hydrogen (secondary N) is 1. The summed E-state index contributed by atoms with van der Waals surface area (Å²) in [5.41, 5.74) is 9.97. The van der Waals surface area contributed by atoms with E-state index >= 15 is 0 Å². The predicted molar refractivity (Wildman–Crippen MR) is 151 cm³/mol. The van der Waals surface area contributed by atoms with Crippen molar-refractivity contribution in [1.82, 2.24) is 10.3 Å². The monoisotopic (exact) mass is 511 g/mol. The van der Waals surface area contributed by atoms with Crippen molar-refractivity contribution in [3.63, 3.8) is 0 Å². The average molecular weight is 512 g/mol. The number of pyridine rings is 1. The van der Waals surface area contributed by atoms with E-state index in [-0.39, 0.29) is 17.4 Å². The Labute approximate surface area is 224 Å². The Hall–Kier alpha value is -2.44. The van der Waals surface area contributed by atoms with Gasteiger partial charge in [0, 0.05) is 25.0 Å². The van der Waals surface area contributed by atoms with Crippen molar-refractivity contribution in [3.8, 4) is 5.75 Å². The summed E-state index contributed by atoms with van der Waals surface area (Å²) in [7, 11) is 0.